The number of fused-ring (bicyclic) bond motifs is 1. The molecular formula is C25H30N4O2S. The molecule has 0 saturated carbocycles. The molecule has 0 unspecified atom stereocenters. The van der Waals surface area contributed by atoms with E-state index in [4.69, 9.17) is 0 Å². The number of nitrogens with zero attached hydrogens (tertiary/aromatic N) is 4. The molecular weight excluding hydrogens is 420 g/mol. The number of carbonyl (C=O) groups excluding carboxylic acids is 1. The van der Waals surface area contributed by atoms with Gasteiger partial charge in [-0.2, -0.15) is 0 Å². The zero-order valence-corrected chi connectivity index (χ0v) is 19.8. The van der Waals surface area contributed by atoms with E-state index in [1.54, 1.807) is 10.6 Å². The first-order chi connectivity index (χ1) is 15.4. The Morgan fingerprint density at radius 3 is 2.44 bits per heavy atom. The van der Waals surface area contributed by atoms with Gasteiger partial charge in [-0.1, -0.05) is 48.2 Å². The highest BCUT2D eigenvalue weighted by Gasteiger charge is 2.22. The van der Waals surface area contributed by atoms with Gasteiger partial charge in [0.15, 0.2) is 5.16 Å². The minimum Gasteiger partial charge on any atom is -0.339 e. The van der Waals surface area contributed by atoms with Crippen molar-refractivity contribution in [2.75, 3.05) is 31.9 Å². The fourth-order valence-corrected chi connectivity index (χ4v) is 5.11. The van der Waals surface area contributed by atoms with Crippen LogP contribution in [-0.2, 0) is 11.3 Å². The molecule has 4 rings (SSSR count). The molecule has 1 saturated heterocycles. The summed E-state index contributed by atoms with van der Waals surface area (Å²) in [5, 5.41) is 1.22. The van der Waals surface area contributed by atoms with E-state index in [9.17, 15) is 9.59 Å². The summed E-state index contributed by atoms with van der Waals surface area (Å²) in [6.45, 7) is 10.2. The summed E-state index contributed by atoms with van der Waals surface area (Å²) < 4.78 is 1.69. The topological polar surface area (TPSA) is 58.4 Å². The van der Waals surface area contributed by atoms with E-state index in [1.807, 2.05) is 36.9 Å². The van der Waals surface area contributed by atoms with Gasteiger partial charge >= 0.3 is 0 Å². The number of para-hydroxylation sites is 1. The number of aromatic nitrogens is 2. The van der Waals surface area contributed by atoms with E-state index < -0.39 is 0 Å². The summed E-state index contributed by atoms with van der Waals surface area (Å²) in [4.78, 5) is 34.9. The Morgan fingerprint density at radius 1 is 1.03 bits per heavy atom. The van der Waals surface area contributed by atoms with Crippen LogP contribution in [0.3, 0.4) is 0 Å². The lowest BCUT2D eigenvalue weighted by Crippen LogP contribution is -2.48. The van der Waals surface area contributed by atoms with Gasteiger partial charge in [-0.3, -0.25) is 19.1 Å². The molecule has 0 atom stereocenters. The van der Waals surface area contributed by atoms with Crippen molar-refractivity contribution < 1.29 is 4.79 Å². The Kier molecular flexibility index (Phi) is 6.96. The first-order valence-corrected chi connectivity index (χ1v) is 12.1. The molecule has 1 aromatic heterocycles. The lowest BCUT2D eigenvalue weighted by atomic mass is 10.1. The third kappa shape index (κ3) is 4.89. The lowest BCUT2D eigenvalue weighted by Gasteiger charge is -2.35. The molecule has 0 radical (unpaired) electrons. The van der Waals surface area contributed by atoms with Gasteiger partial charge in [0.2, 0.25) is 5.91 Å². The van der Waals surface area contributed by atoms with Crippen molar-refractivity contribution in [2.45, 2.75) is 38.5 Å². The van der Waals surface area contributed by atoms with Gasteiger partial charge in [0, 0.05) is 38.8 Å². The van der Waals surface area contributed by atoms with E-state index >= 15 is 0 Å². The number of carbonyl (C=O) groups is 1. The van der Waals surface area contributed by atoms with Gasteiger partial charge in [-0.05, 0) is 44.0 Å². The largest absolute Gasteiger partial charge is 0.339 e. The first-order valence-electron chi connectivity index (χ1n) is 11.1. The van der Waals surface area contributed by atoms with Gasteiger partial charge < -0.3 is 4.90 Å². The molecule has 1 aliphatic heterocycles. The third-order valence-electron chi connectivity index (χ3n) is 6.00. The maximum absolute atomic E-state index is 13.0. The molecule has 0 N–H and O–H groups in total. The van der Waals surface area contributed by atoms with Crippen LogP contribution in [0.4, 0.5) is 0 Å². The van der Waals surface area contributed by atoms with Crippen LogP contribution >= 0.6 is 11.8 Å². The van der Waals surface area contributed by atoms with Crippen LogP contribution in [0.1, 0.15) is 31.0 Å². The molecule has 7 heteroatoms. The van der Waals surface area contributed by atoms with Crippen molar-refractivity contribution in [3.8, 4) is 0 Å². The summed E-state index contributed by atoms with van der Waals surface area (Å²) in [5.41, 5.74) is 3.28. The SMILES string of the molecule is Cc1ccccc1CN1CCN(C(=O)CSc2nc3ccccc3c(=O)n2C(C)C)CC1. The molecule has 2 heterocycles. The van der Waals surface area contributed by atoms with E-state index in [-0.39, 0.29) is 23.3 Å². The minimum atomic E-state index is -0.0506. The van der Waals surface area contributed by atoms with Gasteiger partial charge in [-0.25, -0.2) is 4.98 Å². The van der Waals surface area contributed by atoms with Crippen LogP contribution in [0, 0.1) is 6.92 Å². The Bertz CT molecular complexity index is 1170. The standard InChI is InChI=1S/C25H30N4O2S/c1-18(2)29-24(31)21-10-6-7-11-22(21)26-25(29)32-17-23(30)28-14-12-27(13-15-28)16-20-9-5-4-8-19(20)3/h4-11,18H,12-17H2,1-3H3. The van der Waals surface area contributed by atoms with Crippen molar-refractivity contribution >= 4 is 28.6 Å². The predicted octanol–water partition coefficient (Wildman–Crippen LogP) is 3.72. The minimum absolute atomic E-state index is 0.0257. The van der Waals surface area contributed by atoms with Crippen LogP contribution < -0.4 is 5.56 Å². The van der Waals surface area contributed by atoms with Gasteiger partial charge in [-0.15, -0.1) is 0 Å². The third-order valence-corrected chi connectivity index (χ3v) is 6.93. The molecule has 1 fully saturated rings. The Labute approximate surface area is 193 Å². The Balaban J connectivity index is 1.38. The molecule has 3 aromatic rings. The molecule has 168 valence electrons. The summed E-state index contributed by atoms with van der Waals surface area (Å²) >= 11 is 1.36. The number of amides is 1. The van der Waals surface area contributed by atoms with Crippen LogP contribution in [0.15, 0.2) is 58.5 Å². The number of hydrogen-bond donors (Lipinski definition) is 0. The van der Waals surface area contributed by atoms with Crippen LogP contribution in [-0.4, -0.2) is 57.2 Å². The summed E-state index contributed by atoms with van der Waals surface area (Å²) in [6, 6.07) is 15.8. The molecule has 1 aliphatic rings. The zero-order chi connectivity index (χ0) is 22.7. The zero-order valence-electron chi connectivity index (χ0n) is 19.0. The first kappa shape index (κ1) is 22.6. The maximum Gasteiger partial charge on any atom is 0.262 e. The molecule has 0 aliphatic carbocycles. The molecule has 6 nitrogen and oxygen atoms in total. The number of benzene rings is 2. The van der Waals surface area contributed by atoms with E-state index in [0.717, 1.165) is 32.7 Å². The van der Waals surface area contributed by atoms with Crippen molar-refractivity contribution in [3.05, 3.63) is 70.0 Å². The normalized spacial score (nSPS) is 14.9. The predicted molar refractivity (Wildman–Crippen MR) is 130 cm³/mol. The van der Waals surface area contributed by atoms with Crippen molar-refractivity contribution in [1.29, 1.82) is 0 Å². The lowest BCUT2D eigenvalue weighted by molar-refractivity contribution is -0.130. The quantitative estimate of drug-likeness (QED) is 0.423. The van der Waals surface area contributed by atoms with E-state index in [1.165, 1.54) is 22.9 Å². The molecule has 2 aromatic carbocycles. The van der Waals surface area contributed by atoms with E-state index in [2.05, 4.69) is 41.1 Å². The number of piperazine rings is 1. The highest BCUT2D eigenvalue weighted by molar-refractivity contribution is 7.99. The van der Waals surface area contributed by atoms with Crippen molar-refractivity contribution in [2.24, 2.45) is 0 Å². The average Bonchev–Trinajstić information content (AvgIpc) is 2.79. The van der Waals surface area contributed by atoms with Gasteiger partial charge in [0.05, 0.1) is 16.7 Å². The second-order valence-electron chi connectivity index (χ2n) is 8.55. The van der Waals surface area contributed by atoms with Gasteiger partial charge in [0.25, 0.3) is 5.56 Å². The second-order valence-corrected chi connectivity index (χ2v) is 9.50. The maximum atomic E-state index is 13.0. The number of aryl methyl sites for hydroxylation is 1. The van der Waals surface area contributed by atoms with Crippen LogP contribution in [0.25, 0.3) is 10.9 Å². The summed E-state index contributed by atoms with van der Waals surface area (Å²) in [7, 11) is 0. The van der Waals surface area contributed by atoms with Crippen molar-refractivity contribution in [1.82, 2.24) is 19.4 Å². The Hall–Kier alpha value is -2.64. The average molecular weight is 451 g/mol. The molecule has 32 heavy (non-hydrogen) atoms. The Morgan fingerprint density at radius 2 is 1.72 bits per heavy atom. The highest BCUT2D eigenvalue weighted by Crippen LogP contribution is 2.22. The number of rotatable bonds is 6. The summed E-state index contributed by atoms with van der Waals surface area (Å²) in [6.07, 6.45) is 0. The van der Waals surface area contributed by atoms with Crippen LogP contribution in [0.5, 0.6) is 0 Å². The molecule has 0 bridgehead atoms. The molecule has 0 spiro atoms. The fraction of sp³-hybridized carbons (Fsp3) is 0.400. The number of thioether (sulfide) groups is 1. The fourth-order valence-electron chi connectivity index (χ4n) is 4.08. The smallest absolute Gasteiger partial charge is 0.262 e. The second kappa shape index (κ2) is 9.88. The van der Waals surface area contributed by atoms with Crippen LogP contribution in [0.2, 0.25) is 0 Å². The molecule has 1 amide bonds. The van der Waals surface area contributed by atoms with Gasteiger partial charge in [0.1, 0.15) is 0 Å². The summed E-state index contributed by atoms with van der Waals surface area (Å²) in [5.74, 6) is 0.387. The monoisotopic (exact) mass is 450 g/mol. The van der Waals surface area contributed by atoms with E-state index in [0.29, 0.717) is 16.1 Å². The number of hydrogen-bond acceptors (Lipinski definition) is 5. The van der Waals surface area contributed by atoms with Crippen molar-refractivity contribution in [3.63, 3.8) is 0 Å². The highest BCUT2D eigenvalue weighted by atomic mass is 32.2.